The van der Waals surface area contributed by atoms with Crippen molar-refractivity contribution < 1.29 is 24.2 Å². The van der Waals surface area contributed by atoms with Crippen molar-refractivity contribution in [3.63, 3.8) is 0 Å². The molecule has 1 heterocycles. The van der Waals surface area contributed by atoms with Gasteiger partial charge in [0.2, 0.25) is 5.91 Å². The van der Waals surface area contributed by atoms with Crippen molar-refractivity contribution >= 4 is 23.7 Å². The highest BCUT2D eigenvalue weighted by Gasteiger charge is 2.32. The Hall–Kier alpha value is -4.14. The first-order chi connectivity index (χ1) is 16.7. The number of benzene rings is 2. The third-order valence-electron chi connectivity index (χ3n) is 6.29. The van der Waals surface area contributed by atoms with Crippen LogP contribution in [0.25, 0.3) is 11.1 Å². The minimum Gasteiger partial charge on any atom is -0.481 e. The number of amides is 2. The molecule has 2 aromatic carbocycles. The van der Waals surface area contributed by atoms with Gasteiger partial charge in [0.15, 0.2) is 0 Å². The molecular weight excluding hydrogens is 448 g/mol. The number of hydrogen-bond acceptors (Lipinski definition) is 5. The second kappa shape index (κ2) is 9.61. The quantitative estimate of drug-likeness (QED) is 0.454. The van der Waals surface area contributed by atoms with Crippen LogP contribution in [-0.4, -0.2) is 46.0 Å². The summed E-state index contributed by atoms with van der Waals surface area (Å²) in [6.45, 7) is 5.00. The molecule has 0 saturated heterocycles. The van der Waals surface area contributed by atoms with E-state index in [0.717, 1.165) is 22.3 Å². The molecule has 0 spiro atoms. The Bertz CT molecular complexity index is 1220. The third-order valence-corrected chi connectivity index (χ3v) is 6.29. The first-order valence-electron chi connectivity index (χ1n) is 11.4. The Balaban J connectivity index is 1.37. The molecule has 3 aromatic rings. The Morgan fingerprint density at radius 3 is 2.29 bits per heavy atom. The van der Waals surface area contributed by atoms with Gasteiger partial charge in [0.1, 0.15) is 12.1 Å². The highest BCUT2D eigenvalue weighted by molar-refractivity contribution is 5.86. The number of rotatable bonds is 8. The van der Waals surface area contributed by atoms with Crippen molar-refractivity contribution in [2.24, 2.45) is 5.92 Å². The molecule has 35 heavy (non-hydrogen) atoms. The highest BCUT2D eigenvalue weighted by atomic mass is 16.5. The molecule has 3 N–H and O–H groups in total. The van der Waals surface area contributed by atoms with E-state index in [4.69, 9.17) is 9.84 Å². The topological polar surface area (TPSA) is 123 Å². The summed E-state index contributed by atoms with van der Waals surface area (Å²) in [5.41, 5.74) is 3.83. The molecule has 1 aliphatic carbocycles. The van der Waals surface area contributed by atoms with Gasteiger partial charge < -0.3 is 15.2 Å². The maximum atomic E-state index is 12.6. The summed E-state index contributed by atoms with van der Waals surface area (Å²) >= 11 is 0. The van der Waals surface area contributed by atoms with Crippen LogP contribution in [0.2, 0.25) is 0 Å². The number of nitrogens with one attached hydrogen (secondary N) is 2. The third kappa shape index (κ3) is 4.89. The highest BCUT2D eigenvalue weighted by Crippen LogP contribution is 2.44. The van der Waals surface area contributed by atoms with Gasteiger partial charge in [0.05, 0.1) is 17.8 Å². The van der Waals surface area contributed by atoms with Crippen LogP contribution < -0.4 is 10.6 Å². The van der Waals surface area contributed by atoms with Crippen LogP contribution in [0.1, 0.15) is 37.8 Å². The molecule has 2 amide bonds. The van der Waals surface area contributed by atoms with E-state index in [2.05, 4.69) is 40.0 Å². The van der Waals surface area contributed by atoms with Crippen molar-refractivity contribution in [2.45, 2.75) is 32.2 Å². The summed E-state index contributed by atoms with van der Waals surface area (Å²) in [5, 5.41) is 18.5. The van der Waals surface area contributed by atoms with E-state index in [1.54, 1.807) is 13.8 Å². The van der Waals surface area contributed by atoms with E-state index >= 15 is 0 Å². The summed E-state index contributed by atoms with van der Waals surface area (Å²) in [4.78, 5) is 36.1. The van der Waals surface area contributed by atoms with Crippen LogP contribution >= 0.6 is 0 Å². The minimum atomic E-state index is -1.10. The van der Waals surface area contributed by atoms with Crippen LogP contribution in [0, 0.1) is 5.92 Å². The normalized spacial score (nSPS) is 13.5. The van der Waals surface area contributed by atoms with Gasteiger partial charge in [-0.05, 0) is 36.1 Å². The smallest absolute Gasteiger partial charge is 0.411 e. The lowest BCUT2D eigenvalue weighted by Crippen LogP contribution is -2.46. The van der Waals surface area contributed by atoms with Crippen LogP contribution in [0.15, 0.2) is 60.9 Å². The molecular formula is C26H28N4O5. The van der Waals surface area contributed by atoms with Gasteiger partial charge in [-0.3, -0.25) is 19.6 Å². The van der Waals surface area contributed by atoms with E-state index in [0.29, 0.717) is 5.69 Å². The molecule has 0 fully saturated rings. The standard InChI is InChI=1S/C26H28N4O5/c1-16(23(31)32)12-27-24(33)26(2,3)30-14-17(13-28-30)29-25(34)35-15-22-20-10-6-4-8-18(20)19-9-5-7-11-21(19)22/h4-11,13-14,16,22H,12,15H2,1-3H3,(H,27,33)(H,29,34)(H,31,32). The van der Waals surface area contributed by atoms with Gasteiger partial charge in [-0.2, -0.15) is 5.10 Å². The number of nitrogens with zero attached hydrogens (tertiary/aromatic N) is 2. The average molecular weight is 477 g/mol. The second-order valence-electron chi connectivity index (χ2n) is 9.13. The van der Waals surface area contributed by atoms with Gasteiger partial charge >= 0.3 is 12.1 Å². The Morgan fingerprint density at radius 2 is 1.69 bits per heavy atom. The number of ether oxygens (including phenoxy) is 1. The van der Waals surface area contributed by atoms with Crippen LogP contribution in [0.4, 0.5) is 10.5 Å². The predicted molar refractivity (Wildman–Crippen MR) is 130 cm³/mol. The zero-order valence-corrected chi connectivity index (χ0v) is 19.8. The number of anilines is 1. The van der Waals surface area contributed by atoms with Crippen LogP contribution in [-0.2, 0) is 19.9 Å². The maximum absolute atomic E-state index is 12.6. The summed E-state index contributed by atoms with van der Waals surface area (Å²) in [5.74, 6) is -2.14. The molecule has 1 aliphatic rings. The van der Waals surface area contributed by atoms with Crippen LogP contribution in [0.3, 0.4) is 0 Å². The van der Waals surface area contributed by atoms with E-state index < -0.39 is 23.5 Å². The Morgan fingerprint density at radius 1 is 1.09 bits per heavy atom. The van der Waals surface area contributed by atoms with Gasteiger partial charge in [-0.15, -0.1) is 0 Å². The van der Waals surface area contributed by atoms with E-state index in [1.165, 1.54) is 24.0 Å². The number of carbonyl (C=O) groups excluding carboxylic acids is 2. The molecule has 1 aromatic heterocycles. The SMILES string of the molecule is CC(CNC(=O)C(C)(C)n1cc(NC(=O)OCC2c3ccccc3-c3ccccc32)cn1)C(=O)O. The first-order valence-corrected chi connectivity index (χ1v) is 11.4. The van der Waals surface area contributed by atoms with Gasteiger partial charge in [0.25, 0.3) is 0 Å². The fourth-order valence-electron chi connectivity index (χ4n) is 4.10. The Kier molecular flexibility index (Phi) is 6.59. The van der Waals surface area contributed by atoms with Crippen molar-refractivity contribution in [3.8, 4) is 11.1 Å². The number of carboxylic acids is 1. The van der Waals surface area contributed by atoms with E-state index in [-0.39, 0.29) is 25.0 Å². The van der Waals surface area contributed by atoms with E-state index in [1.807, 2.05) is 24.3 Å². The fraction of sp³-hybridized carbons (Fsp3) is 0.308. The number of carboxylic acid groups (broad SMARTS) is 1. The molecule has 0 radical (unpaired) electrons. The molecule has 1 unspecified atom stereocenters. The largest absolute Gasteiger partial charge is 0.481 e. The summed E-state index contributed by atoms with van der Waals surface area (Å²) in [6, 6.07) is 16.2. The fourth-order valence-corrected chi connectivity index (χ4v) is 4.10. The molecule has 0 bridgehead atoms. The summed E-state index contributed by atoms with van der Waals surface area (Å²) in [7, 11) is 0. The van der Waals surface area contributed by atoms with Crippen molar-refractivity contribution in [1.29, 1.82) is 0 Å². The average Bonchev–Trinajstić information content (AvgIpc) is 3.44. The molecule has 0 aliphatic heterocycles. The van der Waals surface area contributed by atoms with Gasteiger partial charge in [-0.1, -0.05) is 55.5 Å². The molecule has 182 valence electrons. The van der Waals surface area contributed by atoms with Crippen molar-refractivity contribution in [1.82, 2.24) is 15.1 Å². The first kappa shape index (κ1) is 24.0. The lowest BCUT2D eigenvalue weighted by molar-refractivity contribution is -0.141. The summed E-state index contributed by atoms with van der Waals surface area (Å²) < 4.78 is 6.96. The number of hydrogen-bond donors (Lipinski definition) is 3. The van der Waals surface area contributed by atoms with Crippen LogP contribution in [0.5, 0.6) is 0 Å². The summed E-state index contributed by atoms with van der Waals surface area (Å²) in [6.07, 6.45) is 2.33. The molecule has 9 heteroatoms. The second-order valence-corrected chi connectivity index (χ2v) is 9.13. The van der Waals surface area contributed by atoms with Gasteiger partial charge in [0, 0.05) is 18.7 Å². The molecule has 4 rings (SSSR count). The molecule has 0 saturated carbocycles. The molecule has 1 atom stereocenters. The van der Waals surface area contributed by atoms with E-state index in [9.17, 15) is 14.4 Å². The zero-order chi connectivity index (χ0) is 25.2. The Labute approximate surface area is 203 Å². The monoisotopic (exact) mass is 476 g/mol. The van der Waals surface area contributed by atoms with Crippen molar-refractivity contribution in [3.05, 3.63) is 72.1 Å². The minimum absolute atomic E-state index is 0.00369. The van der Waals surface area contributed by atoms with Crippen molar-refractivity contribution in [2.75, 3.05) is 18.5 Å². The molecule has 9 nitrogen and oxygen atoms in total. The predicted octanol–water partition coefficient (Wildman–Crippen LogP) is 3.82. The zero-order valence-electron chi connectivity index (χ0n) is 19.8. The number of fused-ring (bicyclic) bond motifs is 3. The number of aromatic nitrogens is 2. The number of aliphatic carboxylic acids is 1. The lowest BCUT2D eigenvalue weighted by Gasteiger charge is -2.24. The van der Waals surface area contributed by atoms with Gasteiger partial charge in [-0.25, -0.2) is 4.79 Å². The number of carbonyl (C=O) groups is 3. The maximum Gasteiger partial charge on any atom is 0.411 e. The lowest BCUT2D eigenvalue weighted by atomic mass is 9.98.